The van der Waals surface area contributed by atoms with Crippen molar-refractivity contribution in [1.29, 1.82) is 0 Å². The van der Waals surface area contributed by atoms with Crippen molar-refractivity contribution in [3.05, 3.63) is 47.0 Å². The van der Waals surface area contributed by atoms with E-state index in [-0.39, 0.29) is 18.1 Å². The third kappa shape index (κ3) is 4.84. The summed E-state index contributed by atoms with van der Waals surface area (Å²) in [6, 6.07) is 7.14. The minimum atomic E-state index is -0.531. The molecule has 1 atom stereocenters. The van der Waals surface area contributed by atoms with Crippen LogP contribution in [-0.2, 0) is 9.47 Å². The molecule has 136 valence electrons. The van der Waals surface area contributed by atoms with E-state index in [1.807, 2.05) is 39.8 Å². The Balaban J connectivity index is 2.27. The molecule has 5 heteroatoms. The molecule has 0 N–H and O–H groups in total. The smallest absolute Gasteiger partial charge is 0.410 e. The fourth-order valence-electron chi connectivity index (χ4n) is 2.94. The highest BCUT2D eigenvalue weighted by Crippen LogP contribution is 2.35. The number of hydrogen-bond donors (Lipinski definition) is 0. The molecule has 2 rings (SSSR count). The first-order chi connectivity index (χ1) is 11.7. The number of likely N-dealkylation sites (tertiary alicyclic amines) is 1. The SMILES string of the molecule is C/C=C1/CCN(C(=O)OC(C)(C)C)C(c2ccc(C(=O)OC)cc2)C1. The number of piperidine rings is 1. The topological polar surface area (TPSA) is 55.8 Å². The molecule has 0 spiro atoms. The van der Waals surface area contributed by atoms with Gasteiger partial charge in [0.2, 0.25) is 0 Å². The minimum absolute atomic E-state index is 0.0958. The summed E-state index contributed by atoms with van der Waals surface area (Å²) < 4.78 is 10.3. The highest BCUT2D eigenvalue weighted by Gasteiger charge is 2.32. The molecule has 1 saturated heterocycles. The van der Waals surface area contributed by atoms with Crippen LogP contribution in [-0.4, -0.2) is 36.2 Å². The zero-order valence-electron chi connectivity index (χ0n) is 15.7. The number of rotatable bonds is 2. The first kappa shape index (κ1) is 19.0. The second-order valence-corrected chi connectivity index (χ2v) is 7.20. The second kappa shape index (κ2) is 7.72. The van der Waals surface area contributed by atoms with Gasteiger partial charge in [-0.3, -0.25) is 0 Å². The van der Waals surface area contributed by atoms with E-state index < -0.39 is 5.60 Å². The second-order valence-electron chi connectivity index (χ2n) is 7.20. The molecule has 0 aliphatic carbocycles. The van der Waals surface area contributed by atoms with Crippen LogP contribution in [0.3, 0.4) is 0 Å². The average Bonchev–Trinajstić information content (AvgIpc) is 2.59. The van der Waals surface area contributed by atoms with Crippen molar-refractivity contribution < 1.29 is 19.1 Å². The number of methoxy groups -OCH3 is 1. The lowest BCUT2D eigenvalue weighted by molar-refractivity contribution is 0.0129. The standard InChI is InChI=1S/C20H27NO4/c1-6-14-11-12-21(19(23)25-20(2,3)4)17(13-14)15-7-9-16(10-8-15)18(22)24-5/h6-10,17H,11-13H2,1-5H3/b14-6-. The fourth-order valence-corrected chi connectivity index (χ4v) is 2.94. The van der Waals surface area contributed by atoms with Crippen molar-refractivity contribution in [2.24, 2.45) is 0 Å². The number of esters is 1. The van der Waals surface area contributed by atoms with Crippen LogP contribution >= 0.6 is 0 Å². The van der Waals surface area contributed by atoms with Gasteiger partial charge in [0.15, 0.2) is 0 Å². The van der Waals surface area contributed by atoms with Crippen molar-refractivity contribution in [2.75, 3.05) is 13.7 Å². The fraction of sp³-hybridized carbons (Fsp3) is 0.500. The Morgan fingerprint density at radius 3 is 2.36 bits per heavy atom. The first-order valence-electron chi connectivity index (χ1n) is 8.57. The van der Waals surface area contributed by atoms with Gasteiger partial charge in [0.05, 0.1) is 18.7 Å². The monoisotopic (exact) mass is 345 g/mol. The van der Waals surface area contributed by atoms with Crippen molar-refractivity contribution in [2.45, 2.75) is 52.2 Å². The van der Waals surface area contributed by atoms with E-state index in [0.717, 1.165) is 18.4 Å². The third-order valence-corrected chi connectivity index (χ3v) is 4.26. The van der Waals surface area contributed by atoms with E-state index in [1.54, 1.807) is 17.0 Å². The molecule has 1 aromatic carbocycles. The van der Waals surface area contributed by atoms with Gasteiger partial charge < -0.3 is 14.4 Å². The maximum Gasteiger partial charge on any atom is 0.410 e. The molecule has 1 amide bonds. The van der Waals surface area contributed by atoms with Gasteiger partial charge in [0.25, 0.3) is 0 Å². The summed E-state index contributed by atoms with van der Waals surface area (Å²) in [7, 11) is 1.36. The Morgan fingerprint density at radius 1 is 1.20 bits per heavy atom. The molecule has 25 heavy (non-hydrogen) atoms. The van der Waals surface area contributed by atoms with Crippen molar-refractivity contribution in [3.63, 3.8) is 0 Å². The average molecular weight is 345 g/mol. The zero-order valence-corrected chi connectivity index (χ0v) is 15.7. The van der Waals surface area contributed by atoms with Crippen LogP contribution in [0.25, 0.3) is 0 Å². The van der Waals surface area contributed by atoms with Gasteiger partial charge >= 0.3 is 12.1 Å². The quantitative estimate of drug-likeness (QED) is 0.585. The highest BCUT2D eigenvalue weighted by molar-refractivity contribution is 5.89. The van der Waals surface area contributed by atoms with Crippen LogP contribution in [0.5, 0.6) is 0 Å². The van der Waals surface area contributed by atoms with Gasteiger partial charge in [0, 0.05) is 6.54 Å². The summed E-state index contributed by atoms with van der Waals surface area (Å²) in [6.45, 7) is 8.25. The van der Waals surface area contributed by atoms with Crippen molar-refractivity contribution >= 4 is 12.1 Å². The van der Waals surface area contributed by atoms with Crippen LogP contribution in [0, 0.1) is 0 Å². The van der Waals surface area contributed by atoms with E-state index in [4.69, 9.17) is 9.47 Å². The van der Waals surface area contributed by atoms with Crippen LogP contribution in [0.4, 0.5) is 4.79 Å². The molecule has 0 aromatic heterocycles. The summed E-state index contributed by atoms with van der Waals surface area (Å²) in [5.74, 6) is -0.367. The Bertz CT molecular complexity index is 655. The molecule has 0 bridgehead atoms. The van der Waals surface area contributed by atoms with Gasteiger partial charge in [-0.1, -0.05) is 23.8 Å². The molecule has 5 nitrogen and oxygen atoms in total. The van der Waals surface area contributed by atoms with Gasteiger partial charge in [-0.05, 0) is 58.2 Å². The first-order valence-corrected chi connectivity index (χ1v) is 8.57. The number of carbonyl (C=O) groups excluding carboxylic acids is 2. The molecular formula is C20H27NO4. The van der Waals surface area contributed by atoms with Crippen LogP contribution in [0.15, 0.2) is 35.9 Å². The molecule has 1 fully saturated rings. The van der Waals surface area contributed by atoms with Gasteiger partial charge in [0.1, 0.15) is 5.60 Å². The highest BCUT2D eigenvalue weighted by atomic mass is 16.6. The molecule has 1 heterocycles. The lowest BCUT2D eigenvalue weighted by Gasteiger charge is -2.38. The molecule has 1 aliphatic heterocycles. The Hall–Kier alpha value is -2.30. The van der Waals surface area contributed by atoms with E-state index in [2.05, 4.69) is 6.08 Å². The molecule has 1 aliphatic rings. The largest absolute Gasteiger partial charge is 0.465 e. The molecule has 1 unspecified atom stereocenters. The lowest BCUT2D eigenvalue weighted by atomic mass is 9.91. The number of nitrogens with zero attached hydrogens (tertiary/aromatic N) is 1. The Kier molecular flexibility index (Phi) is 5.88. The molecule has 0 radical (unpaired) electrons. The third-order valence-electron chi connectivity index (χ3n) is 4.26. The van der Waals surface area contributed by atoms with E-state index >= 15 is 0 Å². The summed E-state index contributed by atoms with van der Waals surface area (Å²) >= 11 is 0. The number of benzene rings is 1. The van der Waals surface area contributed by atoms with Crippen LogP contribution in [0.1, 0.15) is 62.5 Å². The summed E-state index contributed by atoms with van der Waals surface area (Å²) in [5, 5.41) is 0. The van der Waals surface area contributed by atoms with Crippen molar-refractivity contribution in [3.8, 4) is 0 Å². The molecular weight excluding hydrogens is 318 g/mol. The van der Waals surface area contributed by atoms with E-state index in [9.17, 15) is 9.59 Å². The summed E-state index contributed by atoms with van der Waals surface area (Å²) in [4.78, 5) is 26.0. The predicted octanol–water partition coefficient (Wildman–Crippen LogP) is 4.49. The Morgan fingerprint density at radius 2 is 1.84 bits per heavy atom. The number of hydrogen-bond acceptors (Lipinski definition) is 4. The number of allylic oxidation sites excluding steroid dienone is 1. The number of carbonyl (C=O) groups is 2. The number of amides is 1. The van der Waals surface area contributed by atoms with Crippen LogP contribution in [0.2, 0.25) is 0 Å². The van der Waals surface area contributed by atoms with Gasteiger partial charge in [-0.25, -0.2) is 9.59 Å². The maximum absolute atomic E-state index is 12.6. The number of ether oxygens (including phenoxy) is 2. The predicted molar refractivity (Wildman–Crippen MR) is 96.5 cm³/mol. The molecule has 0 saturated carbocycles. The van der Waals surface area contributed by atoms with E-state index in [1.165, 1.54) is 12.7 Å². The van der Waals surface area contributed by atoms with Gasteiger partial charge in [-0.2, -0.15) is 0 Å². The Labute approximate surface area is 149 Å². The minimum Gasteiger partial charge on any atom is -0.465 e. The normalized spacial score (nSPS) is 19.6. The van der Waals surface area contributed by atoms with Crippen LogP contribution < -0.4 is 0 Å². The van der Waals surface area contributed by atoms with Crippen molar-refractivity contribution in [1.82, 2.24) is 4.90 Å². The van der Waals surface area contributed by atoms with E-state index in [0.29, 0.717) is 12.1 Å². The maximum atomic E-state index is 12.6. The summed E-state index contributed by atoms with van der Waals surface area (Å²) in [6.07, 6.45) is 3.44. The zero-order chi connectivity index (χ0) is 18.6. The summed E-state index contributed by atoms with van der Waals surface area (Å²) in [5.41, 5.74) is 2.27. The molecule has 1 aromatic rings. The van der Waals surface area contributed by atoms with Gasteiger partial charge in [-0.15, -0.1) is 0 Å². The lowest BCUT2D eigenvalue weighted by Crippen LogP contribution is -2.42.